The van der Waals surface area contributed by atoms with Crippen LogP contribution in [0.1, 0.15) is 34.7 Å². The molecule has 0 radical (unpaired) electrons. The van der Waals surface area contributed by atoms with Gasteiger partial charge in [-0.3, -0.25) is 0 Å². The zero-order valence-electron chi connectivity index (χ0n) is 13.4. The Morgan fingerprint density at radius 1 is 1.23 bits per heavy atom. The lowest BCUT2D eigenvalue weighted by Gasteiger charge is -2.18. The number of ether oxygens (including phenoxy) is 1. The third-order valence-electron chi connectivity index (χ3n) is 3.81. The fourth-order valence-corrected chi connectivity index (χ4v) is 2.83. The molecule has 22 heavy (non-hydrogen) atoms. The van der Waals surface area contributed by atoms with Gasteiger partial charge in [0.2, 0.25) is 0 Å². The van der Waals surface area contributed by atoms with Crippen LogP contribution in [0.25, 0.3) is 12.2 Å². The Morgan fingerprint density at radius 3 is 2.50 bits per heavy atom. The first-order valence-corrected chi connectivity index (χ1v) is 7.50. The van der Waals surface area contributed by atoms with Gasteiger partial charge in [0.05, 0.1) is 7.11 Å². The molecule has 1 heteroatoms. The van der Waals surface area contributed by atoms with Gasteiger partial charge < -0.3 is 4.74 Å². The molecule has 0 aromatic heterocycles. The summed E-state index contributed by atoms with van der Waals surface area (Å²) >= 11 is 0. The van der Waals surface area contributed by atoms with Crippen molar-refractivity contribution in [1.29, 1.82) is 0 Å². The van der Waals surface area contributed by atoms with Crippen molar-refractivity contribution in [2.45, 2.75) is 19.8 Å². The molecule has 112 valence electrons. The quantitative estimate of drug-likeness (QED) is 0.657. The molecule has 0 bridgehead atoms. The first-order chi connectivity index (χ1) is 10.7. The molecule has 0 aliphatic carbocycles. The van der Waals surface area contributed by atoms with Crippen molar-refractivity contribution in [2.24, 2.45) is 0 Å². The van der Waals surface area contributed by atoms with E-state index in [1.165, 1.54) is 16.7 Å². The Kier molecular flexibility index (Phi) is 5.41. The zero-order chi connectivity index (χ0) is 15.9. The van der Waals surface area contributed by atoms with E-state index in [2.05, 4.69) is 56.1 Å². The van der Waals surface area contributed by atoms with Crippen molar-refractivity contribution in [3.8, 4) is 5.75 Å². The summed E-state index contributed by atoms with van der Waals surface area (Å²) in [5, 5.41) is 0. The molecule has 2 rings (SSSR count). The summed E-state index contributed by atoms with van der Waals surface area (Å²) in [6, 6.07) is 12.7. The highest BCUT2D eigenvalue weighted by molar-refractivity contribution is 5.71. The summed E-state index contributed by atoms with van der Waals surface area (Å²) in [7, 11) is 1.69. The van der Waals surface area contributed by atoms with Crippen LogP contribution in [-0.4, -0.2) is 7.11 Å². The second-order valence-corrected chi connectivity index (χ2v) is 5.12. The minimum absolute atomic E-state index is 0.847. The highest BCUT2D eigenvalue weighted by Gasteiger charge is 2.15. The zero-order valence-corrected chi connectivity index (χ0v) is 13.4. The standard InChI is InChI=1S/C21H22O/c1-5-11-20-19(7-3)18(14-16-12-9-8-10-13-16)15-17(6-2)21(20)22-4/h6,8-13,15H,1-2,7,14H2,3-4H3. The largest absolute Gasteiger partial charge is 0.495 e. The molecule has 0 unspecified atom stereocenters. The molecule has 0 atom stereocenters. The molecule has 0 aliphatic rings. The Bertz CT molecular complexity index is 704. The second kappa shape index (κ2) is 7.49. The first-order valence-electron chi connectivity index (χ1n) is 7.50. The van der Waals surface area contributed by atoms with E-state index in [1.807, 2.05) is 18.2 Å². The van der Waals surface area contributed by atoms with E-state index < -0.39 is 0 Å². The Hall–Kier alpha value is -2.50. The van der Waals surface area contributed by atoms with Gasteiger partial charge in [0.15, 0.2) is 0 Å². The van der Waals surface area contributed by atoms with Gasteiger partial charge in [0.1, 0.15) is 5.75 Å². The average Bonchev–Trinajstić information content (AvgIpc) is 2.55. The van der Waals surface area contributed by atoms with Crippen LogP contribution in [0.15, 0.2) is 55.3 Å². The molecule has 1 nitrogen and oxygen atoms in total. The molecule has 0 fully saturated rings. The fraction of sp³-hybridized carbons (Fsp3) is 0.190. The summed E-state index contributed by atoms with van der Waals surface area (Å²) in [6.07, 6.45) is 5.57. The third-order valence-corrected chi connectivity index (χ3v) is 3.81. The normalized spacial score (nSPS) is 9.91. The molecule has 0 N–H and O–H groups in total. The lowest BCUT2D eigenvalue weighted by molar-refractivity contribution is 0.412. The minimum atomic E-state index is 0.847. The fourth-order valence-electron chi connectivity index (χ4n) is 2.83. The summed E-state index contributed by atoms with van der Waals surface area (Å²) < 4.78 is 5.60. The van der Waals surface area contributed by atoms with Crippen molar-refractivity contribution in [3.05, 3.63) is 83.1 Å². The molecule has 0 spiro atoms. The molecule has 0 saturated heterocycles. The van der Waals surface area contributed by atoms with E-state index in [4.69, 9.17) is 4.74 Å². The average molecular weight is 290 g/mol. The van der Waals surface area contributed by atoms with E-state index in [-0.39, 0.29) is 0 Å². The van der Waals surface area contributed by atoms with Gasteiger partial charge in [-0.1, -0.05) is 56.5 Å². The highest BCUT2D eigenvalue weighted by Crippen LogP contribution is 2.33. The van der Waals surface area contributed by atoms with Crippen molar-refractivity contribution in [1.82, 2.24) is 0 Å². The van der Waals surface area contributed by atoms with Gasteiger partial charge in [-0.25, -0.2) is 0 Å². The van der Waals surface area contributed by atoms with Gasteiger partial charge >= 0.3 is 0 Å². The predicted octanol–water partition coefficient (Wildman–Crippen LogP) is 5.29. The van der Waals surface area contributed by atoms with Gasteiger partial charge in [-0.15, -0.1) is 5.73 Å². The lowest BCUT2D eigenvalue weighted by Crippen LogP contribution is -2.02. The third kappa shape index (κ3) is 3.21. The van der Waals surface area contributed by atoms with Gasteiger partial charge in [0.25, 0.3) is 0 Å². The minimum Gasteiger partial charge on any atom is -0.495 e. The van der Waals surface area contributed by atoms with Crippen molar-refractivity contribution >= 4 is 12.2 Å². The van der Waals surface area contributed by atoms with Crippen LogP contribution in [0.2, 0.25) is 0 Å². The number of methoxy groups -OCH3 is 1. The second-order valence-electron chi connectivity index (χ2n) is 5.12. The van der Waals surface area contributed by atoms with E-state index in [0.29, 0.717) is 0 Å². The van der Waals surface area contributed by atoms with Gasteiger partial charge in [0, 0.05) is 11.1 Å². The molecule has 0 heterocycles. The van der Waals surface area contributed by atoms with Crippen LogP contribution in [0.4, 0.5) is 0 Å². The molecule has 0 amide bonds. The molecule has 2 aromatic rings. The first kappa shape index (κ1) is 15.9. The number of benzene rings is 2. The monoisotopic (exact) mass is 290 g/mol. The van der Waals surface area contributed by atoms with Crippen molar-refractivity contribution in [3.63, 3.8) is 0 Å². The Morgan fingerprint density at radius 2 is 1.95 bits per heavy atom. The highest BCUT2D eigenvalue weighted by atomic mass is 16.5. The molecule has 0 saturated carbocycles. The molecular weight excluding hydrogens is 268 g/mol. The van der Waals surface area contributed by atoms with Gasteiger partial charge in [-0.2, -0.15) is 0 Å². The van der Waals surface area contributed by atoms with Crippen LogP contribution in [0, 0.1) is 0 Å². The molecule has 2 aromatic carbocycles. The van der Waals surface area contributed by atoms with Crippen molar-refractivity contribution < 1.29 is 4.74 Å². The van der Waals surface area contributed by atoms with Crippen LogP contribution in [0.3, 0.4) is 0 Å². The number of hydrogen-bond donors (Lipinski definition) is 0. The smallest absolute Gasteiger partial charge is 0.134 e. The van der Waals surface area contributed by atoms with E-state index in [0.717, 1.165) is 29.7 Å². The van der Waals surface area contributed by atoms with E-state index in [1.54, 1.807) is 7.11 Å². The van der Waals surface area contributed by atoms with E-state index in [9.17, 15) is 0 Å². The molecule has 0 aliphatic heterocycles. The summed E-state index contributed by atoms with van der Waals surface area (Å²) in [6.45, 7) is 9.79. The number of hydrogen-bond acceptors (Lipinski definition) is 1. The van der Waals surface area contributed by atoms with Crippen LogP contribution >= 0.6 is 0 Å². The summed E-state index contributed by atoms with van der Waals surface area (Å²) in [5.41, 5.74) is 8.83. The van der Waals surface area contributed by atoms with Crippen molar-refractivity contribution in [2.75, 3.05) is 7.11 Å². The predicted molar refractivity (Wildman–Crippen MR) is 95.3 cm³/mol. The Balaban J connectivity index is 2.64. The lowest BCUT2D eigenvalue weighted by atomic mass is 9.90. The maximum atomic E-state index is 5.60. The SMILES string of the molecule is C=C=Cc1c(CC)c(Cc2ccccc2)cc(C=C)c1OC. The maximum Gasteiger partial charge on any atom is 0.134 e. The number of rotatable bonds is 6. The summed E-state index contributed by atoms with van der Waals surface area (Å²) in [5.74, 6) is 0.847. The van der Waals surface area contributed by atoms with Gasteiger partial charge in [-0.05, 0) is 41.7 Å². The maximum absolute atomic E-state index is 5.60. The topological polar surface area (TPSA) is 9.23 Å². The van der Waals surface area contributed by atoms with Crippen LogP contribution < -0.4 is 4.74 Å². The van der Waals surface area contributed by atoms with Crippen LogP contribution in [0.5, 0.6) is 5.75 Å². The summed E-state index contributed by atoms with van der Waals surface area (Å²) in [4.78, 5) is 0. The Labute approximate surface area is 133 Å². The van der Waals surface area contributed by atoms with E-state index >= 15 is 0 Å². The molecular formula is C21H22O. The van der Waals surface area contributed by atoms with Crippen LogP contribution in [-0.2, 0) is 12.8 Å².